The monoisotopic (exact) mass is 389 g/mol. The van der Waals surface area contributed by atoms with Crippen LogP contribution in [0.2, 0.25) is 0 Å². The molecule has 1 N–H and O–H groups in total. The number of halogens is 1. The number of hydrogen-bond acceptors (Lipinski definition) is 6. The summed E-state index contributed by atoms with van der Waals surface area (Å²) in [7, 11) is 1.90. The van der Waals surface area contributed by atoms with E-state index in [9.17, 15) is 0 Å². The van der Waals surface area contributed by atoms with Gasteiger partial charge in [-0.25, -0.2) is 0 Å². The molecule has 0 spiro atoms. The Morgan fingerprint density at radius 3 is 2.22 bits per heavy atom. The molecular weight excluding hydrogens is 366 g/mol. The minimum Gasteiger partial charge on any atom is -0.484 e. The van der Waals surface area contributed by atoms with Gasteiger partial charge >= 0.3 is 0 Å². The van der Waals surface area contributed by atoms with Gasteiger partial charge in [0, 0.05) is 12.5 Å². The predicted octanol–water partition coefficient (Wildman–Crippen LogP) is 4.32. The molecule has 1 atom stereocenters. The Labute approximate surface area is 165 Å². The number of benzene rings is 2. The first-order valence-corrected chi connectivity index (χ1v) is 8.58. The van der Waals surface area contributed by atoms with E-state index in [2.05, 4.69) is 22.4 Å². The summed E-state index contributed by atoms with van der Waals surface area (Å²) in [4.78, 5) is 4.33. The zero-order chi connectivity index (χ0) is 18.4. The molecule has 27 heavy (non-hydrogen) atoms. The van der Waals surface area contributed by atoms with E-state index < -0.39 is 0 Å². The first-order chi connectivity index (χ1) is 12.6. The summed E-state index contributed by atoms with van der Waals surface area (Å²) >= 11 is 0. The number of aryl methyl sites for hydroxylation is 1. The van der Waals surface area contributed by atoms with Gasteiger partial charge in [0.2, 0.25) is 0 Å². The Hall–Kier alpha value is -2.57. The number of hydrogen-bond donors (Lipinski definition) is 1. The highest BCUT2D eigenvalue weighted by Gasteiger charge is 2.10. The van der Waals surface area contributed by atoms with Crippen LogP contribution in [0.5, 0.6) is 17.2 Å². The van der Waals surface area contributed by atoms with Gasteiger partial charge in [-0.05, 0) is 57.3 Å². The van der Waals surface area contributed by atoms with Gasteiger partial charge in [-0.1, -0.05) is 22.9 Å². The molecule has 3 rings (SSSR count). The molecule has 3 aromatic rings. The Morgan fingerprint density at radius 2 is 1.59 bits per heavy atom. The number of nitrogens with one attached hydrogen (secondary N) is 1. The molecule has 0 amide bonds. The molecule has 0 saturated heterocycles. The largest absolute Gasteiger partial charge is 0.484 e. The summed E-state index contributed by atoms with van der Waals surface area (Å²) in [5, 5.41) is 7.10. The van der Waals surface area contributed by atoms with Gasteiger partial charge in [-0.15, -0.1) is 12.4 Å². The molecule has 1 aromatic heterocycles. The van der Waals surface area contributed by atoms with Crippen molar-refractivity contribution in [3.63, 3.8) is 0 Å². The minimum atomic E-state index is 0. The fraction of sp³-hybridized carbons (Fsp3) is 0.300. The molecule has 0 bridgehead atoms. The Kier molecular flexibility index (Phi) is 7.64. The zero-order valence-electron chi connectivity index (χ0n) is 15.6. The van der Waals surface area contributed by atoms with E-state index in [0.29, 0.717) is 29.9 Å². The standard InChI is InChI=1S/C20H23N3O3.ClH/c1-14-4-6-17(7-5-14)25-18-10-8-16(9-11-18)24-13-20-22-19(23-26-20)12-15(2)21-3;/h4-11,15,21H,12-13H2,1-3H3;1H. The maximum Gasteiger partial charge on any atom is 0.264 e. The van der Waals surface area contributed by atoms with Crippen LogP contribution in [0, 0.1) is 6.92 Å². The van der Waals surface area contributed by atoms with Crippen molar-refractivity contribution in [3.8, 4) is 17.2 Å². The van der Waals surface area contributed by atoms with Crippen LogP contribution >= 0.6 is 12.4 Å². The van der Waals surface area contributed by atoms with Gasteiger partial charge in [-0.3, -0.25) is 0 Å². The third-order valence-electron chi connectivity index (χ3n) is 3.93. The fourth-order valence-electron chi connectivity index (χ4n) is 2.30. The van der Waals surface area contributed by atoms with Crippen molar-refractivity contribution < 1.29 is 14.0 Å². The van der Waals surface area contributed by atoms with Gasteiger partial charge in [-0.2, -0.15) is 4.98 Å². The van der Waals surface area contributed by atoms with Gasteiger partial charge in [0.1, 0.15) is 17.2 Å². The van der Waals surface area contributed by atoms with Crippen molar-refractivity contribution in [3.05, 3.63) is 65.8 Å². The molecule has 0 aliphatic carbocycles. The molecule has 2 aromatic carbocycles. The topological polar surface area (TPSA) is 69.4 Å². The van der Waals surface area contributed by atoms with Crippen LogP contribution in [-0.4, -0.2) is 23.2 Å². The molecule has 1 heterocycles. The fourth-order valence-corrected chi connectivity index (χ4v) is 2.30. The first-order valence-electron chi connectivity index (χ1n) is 8.58. The quantitative estimate of drug-likeness (QED) is 0.618. The van der Waals surface area contributed by atoms with Crippen molar-refractivity contribution in [2.75, 3.05) is 7.05 Å². The smallest absolute Gasteiger partial charge is 0.264 e. The van der Waals surface area contributed by atoms with E-state index in [4.69, 9.17) is 14.0 Å². The summed E-state index contributed by atoms with van der Waals surface area (Å²) in [5.41, 5.74) is 1.20. The van der Waals surface area contributed by atoms with Crippen LogP contribution < -0.4 is 14.8 Å². The van der Waals surface area contributed by atoms with Crippen LogP contribution in [0.4, 0.5) is 0 Å². The lowest BCUT2D eigenvalue weighted by Gasteiger charge is -2.07. The van der Waals surface area contributed by atoms with Gasteiger partial charge in [0.25, 0.3) is 5.89 Å². The molecule has 0 aliphatic rings. The summed E-state index contributed by atoms with van der Waals surface area (Å²) < 4.78 is 16.7. The van der Waals surface area contributed by atoms with Crippen LogP contribution in [0.15, 0.2) is 53.1 Å². The van der Waals surface area contributed by atoms with Crippen LogP contribution in [-0.2, 0) is 13.0 Å². The van der Waals surface area contributed by atoms with Crippen molar-refractivity contribution in [2.45, 2.75) is 32.9 Å². The van der Waals surface area contributed by atoms with Crippen molar-refractivity contribution in [1.29, 1.82) is 0 Å². The Bertz CT molecular complexity index is 819. The maximum absolute atomic E-state index is 5.80. The van der Waals surface area contributed by atoms with E-state index in [-0.39, 0.29) is 19.0 Å². The lowest BCUT2D eigenvalue weighted by Crippen LogP contribution is -2.24. The maximum atomic E-state index is 5.80. The molecule has 1 unspecified atom stereocenters. The highest BCUT2D eigenvalue weighted by Crippen LogP contribution is 2.24. The summed E-state index contributed by atoms with van der Waals surface area (Å²) in [5.74, 6) is 3.40. The molecule has 7 heteroatoms. The molecule has 0 radical (unpaired) electrons. The SMILES string of the molecule is CNC(C)Cc1noc(COc2ccc(Oc3ccc(C)cc3)cc2)n1.Cl. The number of nitrogens with zero attached hydrogens (tertiary/aromatic N) is 2. The number of rotatable bonds is 8. The van der Waals surface area contributed by atoms with Crippen LogP contribution in [0.3, 0.4) is 0 Å². The molecule has 144 valence electrons. The van der Waals surface area contributed by atoms with E-state index >= 15 is 0 Å². The molecular formula is C20H24ClN3O3. The van der Waals surface area contributed by atoms with E-state index in [1.165, 1.54) is 5.56 Å². The lowest BCUT2D eigenvalue weighted by atomic mass is 10.2. The van der Waals surface area contributed by atoms with Crippen LogP contribution in [0.25, 0.3) is 0 Å². The van der Waals surface area contributed by atoms with Gasteiger partial charge in [0.05, 0.1) is 0 Å². The van der Waals surface area contributed by atoms with Gasteiger partial charge in [0.15, 0.2) is 12.4 Å². The normalized spacial score (nSPS) is 11.5. The highest BCUT2D eigenvalue weighted by atomic mass is 35.5. The number of aromatic nitrogens is 2. The molecule has 0 fully saturated rings. The highest BCUT2D eigenvalue weighted by molar-refractivity contribution is 5.85. The van der Waals surface area contributed by atoms with Crippen molar-refractivity contribution >= 4 is 12.4 Å². The van der Waals surface area contributed by atoms with Crippen molar-refractivity contribution in [1.82, 2.24) is 15.5 Å². The second-order valence-corrected chi connectivity index (χ2v) is 6.17. The second-order valence-electron chi connectivity index (χ2n) is 6.17. The summed E-state index contributed by atoms with van der Waals surface area (Å²) in [6, 6.07) is 15.7. The zero-order valence-corrected chi connectivity index (χ0v) is 16.5. The second kappa shape index (κ2) is 9.94. The average Bonchev–Trinajstić information content (AvgIpc) is 3.10. The molecule has 0 aliphatic heterocycles. The van der Waals surface area contributed by atoms with Crippen molar-refractivity contribution in [2.24, 2.45) is 0 Å². The number of likely N-dealkylation sites (N-methyl/N-ethyl adjacent to an activating group) is 1. The average molecular weight is 390 g/mol. The molecule has 6 nitrogen and oxygen atoms in total. The Morgan fingerprint density at radius 1 is 1.00 bits per heavy atom. The molecule has 0 saturated carbocycles. The van der Waals surface area contributed by atoms with Gasteiger partial charge < -0.3 is 19.3 Å². The van der Waals surface area contributed by atoms with E-state index in [1.54, 1.807) is 0 Å². The first kappa shape index (κ1) is 20.7. The predicted molar refractivity (Wildman–Crippen MR) is 106 cm³/mol. The van der Waals surface area contributed by atoms with E-state index in [0.717, 1.165) is 11.5 Å². The van der Waals surface area contributed by atoms with Crippen LogP contribution in [0.1, 0.15) is 24.2 Å². The summed E-state index contributed by atoms with van der Waals surface area (Å²) in [6.45, 7) is 4.34. The Balaban J connectivity index is 0.00000261. The third kappa shape index (κ3) is 6.27. The summed E-state index contributed by atoms with van der Waals surface area (Å²) in [6.07, 6.45) is 0.713. The minimum absolute atomic E-state index is 0. The third-order valence-corrected chi connectivity index (χ3v) is 3.93. The van der Waals surface area contributed by atoms with E-state index in [1.807, 2.05) is 62.5 Å². The lowest BCUT2D eigenvalue weighted by molar-refractivity contribution is 0.242. The number of ether oxygens (including phenoxy) is 2.